The number of carbonyl (C=O) groups is 1. The Morgan fingerprint density at radius 3 is 2.59 bits per heavy atom. The molecule has 4 aromatic rings. The minimum absolute atomic E-state index is 0.201. The quantitative estimate of drug-likeness (QED) is 0.440. The highest BCUT2D eigenvalue weighted by atomic mass is 35.5. The molecule has 2 aromatic carbocycles. The van der Waals surface area contributed by atoms with E-state index in [2.05, 4.69) is 15.4 Å². The van der Waals surface area contributed by atoms with Crippen LogP contribution in [0.5, 0.6) is 0 Å². The zero-order valence-electron chi connectivity index (χ0n) is 17.1. The largest absolute Gasteiger partial charge is 0.298 e. The first-order valence-electron chi connectivity index (χ1n) is 9.34. The van der Waals surface area contributed by atoms with E-state index in [1.807, 2.05) is 6.07 Å². The van der Waals surface area contributed by atoms with E-state index in [0.29, 0.717) is 21.4 Å². The standard InChI is InChI=1S/C21H18ClN5O3S2/c1-26(2)32(29,30)18-8-6-14(7-9-18)19-13-31-21(24-19)25-20(28)15-11-23-27(12-15)17-5-3-4-16(22)10-17/h3-13H,1-2H3,(H,24,25,28). The second-order valence-electron chi connectivity index (χ2n) is 6.96. The molecular formula is C21H18ClN5O3S2. The molecule has 2 heterocycles. The number of aromatic nitrogens is 3. The highest BCUT2D eigenvalue weighted by molar-refractivity contribution is 7.89. The first-order chi connectivity index (χ1) is 15.2. The van der Waals surface area contributed by atoms with E-state index >= 15 is 0 Å². The Labute approximate surface area is 194 Å². The fraction of sp³-hybridized carbons (Fsp3) is 0.0952. The fourth-order valence-electron chi connectivity index (χ4n) is 2.84. The summed E-state index contributed by atoms with van der Waals surface area (Å²) in [7, 11) is -0.528. The Hall–Kier alpha value is -3.05. The smallest absolute Gasteiger partial charge is 0.260 e. The van der Waals surface area contributed by atoms with Crippen molar-refractivity contribution < 1.29 is 13.2 Å². The van der Waals surface area contributed by atoms with Crippen LogP contribution in [-0.2, 0) is 10.0 Å². The van der Waals surface area contributed by atoms with Gasteiger partial charge in [-0.3, -0.25) is 10.1 Å². The Morgan fingerprint density at radius 1 is 1.16 bits per heavy atom. The van der Waals surface area contributed by atoms with Crippen molar-refractivity contribution in [2.75, 3.05) is 19.4 Å². The molecule has 0 aliphatic rings. The molecule has 0 unspecified atom stereocenters. The molecule has 0 bridgehead atoms. The number of nitrogens with zero attached hydrogens (tertiary/aromatic N) is 4. The van der Waals surface area contributed by atoms with Gasteiger partial charge in [0.05, 0.1) is 28.0 Å². The molecule has 0 fully saturated rings. The Morgan fingerprint density at radius 2 is 1.91 bits per heavy atom. The zero-order chi connectivity index (χ0) is 22.9. The number of halogens is 1. The SMILES string of the molecule is CN(C)S(=O)(=O)c1ccc(-c2csc(NC(=O)c3cnn(-c4cccc(Cl)c4)c3)n2)cc1. The second kappa shape index (κ2) is 8.83. The first kappa shape index (κ1) is 22.2. The van der Waals surface area contributed by atoms with Gasteiger partial charge < -0.3 is 0 Å². The molecule has 32 heavy (non-hydrogen) atoms. The molecule has 164 valence electrons. The number of benzene rings is 2. The molecular weight excluding hydrogens is 470 g/mol. The Bertz CT molecular complexity index is 1380. The van der Waals surface area contributed by atoms with Gasteiger partial charge in [-0.1, -0.05) is 29.8 Å². The number of rotatable bonds is 6. The lowest BCUT2D eigenvalue weighted by molar-refractivity contribution is 0.102. The van der Waals surface area contributed by atoms with Crippen molar-refractivity contribution in [1.29, 1.82) is 0 Å². The highest BCUT2D eigenvalue weighted by Crippen LogP contribution is 2.27. The molecule has 8 nitrogen and oxygen atoms in total. The monoisotopic (exact) mass is 487 g/mol. The van der Waals surface area contributed by atoms with Crippen LogP contribution in [0.15, 0.2) is 71.2 Å². The molecule has 0 spiro atoms. The van der Waals surface area contributed by atoms with Crippen molar-refractivity contribution in [3.8, 4) is 16.9 Å². The summed E-state index contributed by atoms with van der Waals surface area (Å²) in [5.41, 5.74) is 2.50. The van der Waals surface area contributed by atoms with Gasteiger partial charge in [-0.25, -0.2) is 22.4 Å². The van der Waals surface area contributed by atoms with Gasteiger partial charge in [-0.2, -0.15) is 5.10 Å². The summed E-state index contributed by atoms with van der Waals surface area (Å²) in [5.74, 6) is -0.341. The van der Waals surface area contributed by atoms with E-state index in [-0.39, 0.29) is 10.8 Å². The van der Waals surface area contributed by atoms with E-state index in [1.165, 1.54) is 43.8 Å². The maximum Gasteiger partial charge on any atom is 0.260 e. The average Bonchev–Trinajstić information content (AvgIpc) is 3.44. The van der Waals surface area contributed by atoms with Crippen molar-refractivity contribution in [3.05, 3.63) is 76.9 Å². The Balaban J connectivity index is 1.47. The van der Waals surface area contributed by atoms with E-state index in [1.54, 1.807) is 46.6 Å². The number of nitrogens with one attached hydrogen (secondary N) is 1. The van der Waals surface area contributed by atoms with Crippen LogP contribution in [0.4, 0.5) is 5.13 Å². The number of anilines is 1. The lowest BCUT2D eigenvalue weighted by atomic mass is 10.2. The van der Waals surface area contributed by atoms with Gasteiger partial charge in [0, 0.05) is 36.3 Å². The summed E-state index contributed by atoms with van der Waals surface area (Å²) < 4.78 is 27.1. The summed E-state index contributed by atoms with van der Waals surface area (Å²) in [6.45, 7) is 0. The number of amides is 1. The van der Waals surface area contributed by atoms with Crippen LogP contribution in [0.3, 0.4) is 0 Å². The van der Waals surface area contributed by atoms with Crippen LogP contribution < -0.4 is 5.32 Å². The summed E-state index contributed by atoms with van der Waals surface area (Å²) in [6, 6.07) is 13.6. The fourth-order valence-corrected chi connectivity index (χ4v) is 4.64. The molecule has 0 saturated carbocycles. The summed E-state index contributed by atoms with van der Waals surface area (Å²) in [6.07, 6.45) is 3.08. The molecule has 0 atom stereocenters. The number of thiazole rings is 1. The predicted octanol–water partition coefficient (Wildman–Crippen LogP) is 4.15. The van der Waals surface area contributed by atoms with Crippen LogP contribution >= 0.6 is 22.9 Å². The van der Waals surface area contributed by atoms with Gasteiger partial charge >= 0.3 is 0 Å². The second-order valence-corrected chi connectivity index (χ2v) is 10.4. The van der Waals surface area contributed by atoms with Gasteiger partial charge in [-0.15, -0.1) is 11.3 Å². The molecule has 2 aromatic heterocycles. The molecule has 1 N–H and O–H groups in total. The molecule has 0 saturated heterocycles. The highest BCUT2D eigenvalue weighted by Gasteiger charge is 2.17. The Kier molecular flexibility index (Phi) is 6.11. The zero-order valence-corrected chi connectivity index (χ0v) is 19.4. The van der Waals surface area contributed by atoms with E-state index in [9.17, 15) is 13.2 Å². The van der Waals surface area contributed by atoms with Crippen molar-refractivity contribution in [2.45, 2.75) is 4.90 Å². The lowest BCUT2D eigenvalue weighted by Gasteiger charge is -2.11. The maximum atomic E-state index is 12.6. The third-order valence-electron chi connectivity index (χ3n) is 4.57. The van der Waals surface area contributed by atoms with Crippen molar-refractivity contribution in [3.63, 3.8) is 0 Å². The number of carbonyl (C=O) groups excluding carboxylic acids is 1. The van der Waals surface area contributed by atoms with Crippen LogP contribution in [0.25, 0.3) is 16.9 Å². The maximum absolute atomic E-state index is 12.6. The summed E-state index contributed by atoms with van der Waals surface area (Å²) in [4.78, 5) is 17.2. The normalized spacial score (nSPS) is 11.6. The van der Waals surface area contributed by atoms with Crippen LogP contribution in [0.2, 0.25) is 5.02 Å². The van der Waals surface area contributed by atoms with E-state index < -0.39 is 10.0 Å². The van der Waals surface area contributed by atoms with Crippen LogP contribution in [-0.4, -0.2) is 47.5 Å². The third-order valence-corrected chi connectivity index (χ3v) is 7.39. The summed E-state index contributed by atoms with van der Waals surface area (Å²) in [5, 5.41) is 9.76. The van der Waals surface area contributed by atoms with Gasteiger partial charge in [0.2, 0.25) is 10.0 Å². The van der Waals surface area contributed by atoms with E-state index in [0.717, 1.165) is 15.6 Å². The van der Waals surface area contributed by atoms with Gasteiger partial charge in [0.25, 0.3) is 5.91 Å². The number of hydrogen-bond acceptors (Lipinski definition) is 6. The van der Waals surface area contributed by atoms with E-state index in [4.69, 9.17) is 11.6 Å². The number of sulfonamides is 1. The van der Waals surface area contributed by atoms with Crippen molar-refractivity contribution in [1.82, 2.24) is 19.1 Å². The lowest BCUT2D eigenvalue weighted by Crippen LogP contribution is -2.22. The summed E-state index contributed by atoms with van der Waals surface area (Å²) >= 11 is 7.28. The van der Waals surface area contributed by atoms with Gasteiger partial charge in [0.15, 0.2) is 5.13 Å². The molecule has 1 amide bonds. The molecule has 0 aliphatic heterocycles. The van der Waals surface area contributed by atoms with Gasteiger partial charge in [-0.05, 0) is 30.3 Å². The van der Waals surface area contributed by atoms with Crippen LogP contribution in [0.1, 0.15) is 10.4 Å². The third kappa shape index (κ3) is 4.58. The van der Waals surface area contributed by atoms with Crippen LogP contribution in [0, 0.1) is 0 Å². The van der Waals surface area contributed by atoms with Crippen molar-refractivity contribution in [2.24, 2.45) is 0 Å². The first-order valence-corrected chi connectivity index (χ1v) is 12.0. The minimum atomic E-state index is -3.49. The molecule has 0 radical (unpaired) electrons. The topological polar surface area (TPSA) is 97.2 Å². The predicted molar refractivity (Wildman–Crippen MR) is 125 cm³/mol. The minimum Gasteiger partial charge on any atom is -0.298 e. The van der Waals surface area contributed by atoms with Crippen molar-refractivity contribution >= 4 is 44.0 Å². The van der Waals surface area contributed by atoms with Gasteiger partial charge in [0.1, 0.15) is 0 Å². The molecule has 4 rings (SSSR count). The molecule has 11 heteroatoms. The average molecular weight is 488 g/mol. The molecule has 0 aliphatic carbocycles. The number of hydrogen-bond donors (Lipinski definition) is 1.